The van der Waals surface area contributed by atoms with Gasteiger partial charge in [-0.25, -0.2) is 0 Å². The molecular formula is C12H18ClNO2. The van der Waals surface area contributed by atoms with Crippen molar-refractivity contribution in [3.05, 3.63) is 28.3 Å². The molecule has 0 heterocycles. The van der Waals surface area contributed by atoms with Crippen molar-refractivity contribution in [1.82, 2.24) is 5.32 Å². The van der Waals surface area contributed by atoms with Gasteiger partial charge in [-0.15, -0.1) is 0 Å². The van der Waals surface area contributed by atoms with Crippen molar-refractivity contribution in [2.45, 2.75) is 19.4 Å². The molecule has 1 unspecified atom stereocenters. The molecule has 90 valence electrons. The summed E-state index contributed by atoms with van der Waals surface area (Å²) >= 11 is 6.03. The molecule has 1 aromatic rings. The van der Waals surface area contributed by atoms with Gasteiger partial charge >= 0.3 is 0 Å². The van der Waals surface area contributed by atoms with Crippen molar-refractivity contribution in [1.29, 1.82) is 0 Å². The normalized spacial score (nSPS) is 12.6. The third-order valence-corrected chi connectivity index (χ3v) is 2.83. The summed E-state index contributed by atoms with van der Waals surface area (Å²) in [4.78, 5) is 0. The average Bonchev–Trinajstić information content (AvgIpc) is 2.25. The zero-order chi connectivity index (χ0) is 12.1. The second kappa shape index (κ2) is 6.09. The minimum absolute atomic E-state index is 0.0531. The highest BCUT2D eigenvalue weighted by Crippen LogP contribution is 2.33. The number of ether oxygens (including phenoxy) is 1. The van der Waals surface area contributed by atoms with Gasteiger partial charge in [-0.05, 0) is 38.1 Å². The van der Waals surface area contributed by atoms with Crippen molar-refractivity contribution in [2.24, 2.45) is 0 Å². The van der Waals surface area contributed by atoms with E-state index < -0.39 is 0 Å². The maximum absolute atomic E-state index is 9.02. The Labute approximate surface area is 101 Å². The minimum Gasteiger partial charge on any atom is -0.496 e. The fourth-order valence-corrected chi connectivity index (χ4v) is 2.16. The van der Waals surface area contributed by atoms with E-state index in [-0.39, 0.29) is 12.6 Å². The molecule has 0 saturated heterocycles. The van der Waals surface area contributed by atoms with Gasteiger partial charge in [-0.1, -0.05) is 11.6 Å². The molecule has 0 aromatic heterocycles. The van der Waals surface area contributed by atoms with Crippen LogP contribution >= 0.6 is 11.6 Å². The van der Waals surface area contributed by atoms with Gasteiger partial charge in [0.15, 0.2) is 0 Å². The first-order valence-corrected chi connectivity index (χ1v) is 5.64. The van der Waals surface area contributed by atoms with Gasteiger partial charge in [0.25, 0.3) is 0 Å². The van der Waals surface area contributed by atoms with Crippen LogP contribution in [0.4, 0.5) is 0 Å². The largest absolute Gasteiger partial charge is 0.496 e. The van der Waals surface area contributed by atoms with E-state index in [0.29, 0.717) is 11.4 Å². The number of nitrogens with one attached hydrogen (secondary N) is 1. The van der Waals surface area contributed by atoms with Crippen LogP contribution in [0.15, 0.2) is 12.1 Å². The average molecular weight is 244 g/mol. The van der Waals surface area contributed by atoms with Crippen LogP contribution in [-0.4, -0.2) is 25.9 Å². The predicted molar refractivity (Wildman–Crippen MR) is 66.2 cm³/mol. The number of hydrogen-bond acceptors (Lipinski definition) is 3. The summed E-state index contributed by atoms with van der Waals surface area (Å²) in [6.45, 7) is 2.08. The van der Waals surface area contributed by atoms with E-state index in [1.807, 2.05) is 26.1 Å². The van der Waals surface area contributed by atoms with E-state index in [2.05, 4.69) is 5.32 Å². The smallest absolute Gasteiger partial charge is 0.126 e. The molecule has 0 aliphatic rings. The van der Waals surface area contributed by atoms with Crippen LogP contribution in [0.25, 0.3) is 0 Å². The molecule has 0 fully saturated rings. The molecule has 0 amide bonds. The predicted octanol–water partition coefficient (Wildman–Crippen LogP) is 2.30. The maximum atomic E-state index is 9.02. The Morgan fingerprint density at radius 2 is 2.19 bits per heavy atom. The minimum atomic E-state index is 0.0531. The Balaban J connectivity index is 3.17. The zero-order valence-corrected chi connectivity index (χ0v) is 10.6. The number of rotatable bonds is 5. The maximum Gasteiger partial charge on any atom is 0.126 e. The number of hydrogen-bond donors (Lipinski definition) is 2. The van der Waals surface area contributed by atoms with Gasteiger partial charge in [-0.3, -0.25) is 0 Å². The van der Waals surface area contributed by atoms with E-state index in [1.54, 1.807) is 7.11 Å². The molecule has 0 aliphatic heterocycles. The number of benzene rings is 1. The standard InChI is InChI=1S/C12H18ClNO2/c1-8-6-9(13)7-10(12(8)16-3)11(14-2)4-5-15/h6-7,11,14-15H,4-5H2,1-3H3. The first kappa shape index (κ1) is 13.3. The van der Waals surface area contributed by atoms with Gasteiger partial charge in [0.2, 0.25) is 0 Å². The molecular weight excluding hydrogens is 226 g/mol. The molecule has 0 saturated carbocycles. The SMILES string of the molecule is CNC(CCO)c1cc(Cl)cc(C)c1OC. The molecule has 1 aromatic carbocycles. The second-order valence-electron chi connectivity index (χ2n) is 3.70. The third-order valence-electron chi connectivity index (χ3n) is 2.61. The molecule has 0 aliphatic carbocycles. The first-order chi connectivity index (χ1) is 7.63. The quantitative estimate of drug-likeness (QED) is 0.834. The highest BCUT2D eigenvalue weighted by molar-refractivity contribution is 6.30. The Morgan fingerprint density at radius 3 is 2.69 bits per heavy atom. The summed E-state index contributed by atoms with van der Waals surface area (Å²) in [6.07, 6.45) is 0.632. The Bertz CT molecular complexity index is 355. The zero-order valence-electron chi connectivity index (χ0n) is 9.88. The van der Waals surface area contributed by atoms with E-state index >= 15 is 0 Å². The number of halogens is 1. The molecule has 2 N–H and O–H groups in total. The van der Waals surface area contributed by atoms with E-state index in [1.165, 1.54) is 0 Å². The lowest BCUT2D eigenvalue weighted by Gasteiger charge is -2.20. The van der Waals surface area contributed by atoms with Crippen molar-refractivity contribution in [3.8, 4) is 5.75 Å². The molecule has 3 nitrogen and oxygen atoms in total. The van der Waals surface area contributed by atoms with Crippen LogP contribution in [0.1, 0.15) is 23.6 Å². The third kappa shape index (κ3) is 2.88. The summed E-state index contributed by atoms with van der Waals surface area (Å²) < 4.78 is 5.38. The van der Waals surface area contributed by atoms with Crippen LogP contribution in [0.5, 0.6) is 5.75 Å². The van der Waals surface area contributed by atoms with Crippen LogP contribution in [-0.2, 0) is 0 Å². The Hall–Kier alpha value is -0.770. The molecule has 0 radical (unpaired) electrons. The molecule has 1 atom stereocenters. The summed E-state index contributed by atoms with van der Waals surface area (Å²) in [5, 5.41) is 12.9. The summed E-state index contributed by atoms with van der Waals surface area (Å²) in [7, 11) is 3.50. The lowest BCUT2D eigenvalue weighted by Crippen LogP contribution is -2.18. The van der Waals surface area contributed by atoms with Gasteiger partial charge in [-0.2, -0.15) is 0 Å². The van der Waals surface area contributed by atoms with E-state index in [4.69, 9.17) is 21.4 Å². The lowest BCUT2D eigenvalue weighted by molar-refractivity contribution is 0.267. The summed E-state index contributed by atoms with van der Waals surface area (Å²) in [5.41, 5.74) is 1.99. The van der Waals surface area contributed by atoms with Gasteiger partial charge in [0, 0.05) is 23.2 Å². The topological polar surface area (TPSA) is 41.5 Å². The number of aliphatic hydroxyl groups is 1. The lowest BCUT2D eigenvalue weighted by atomic mass is 10.0. The Kier molecular flexibility index (Phi) is 5.06. The fraction of sp³-hybridized carbons (Fsp3) is 0.500. The fourth-order valence-electron chi connectivity index (χ4n) is 1.88. The van der Waals surface area contributed by atoms with Gasteiger partial charge < -0.3 is 15.2 Å². The first-order valence-electron chi connectivity index (χ1n) is 5.26. The van der Waals surface area contributed by atoms with Crippen LogP contribution in [0, 0.1) is 6.92 Å². The highest BCUT2D eigenvalue weighted by Gasteiger charge is 2.16. The highest BCUT2D eigenvalue weighted by atomic mass is 35.5. The van der Waals surface area contributed by atoms with Crippen LogP contribution < -0.4 is 10.1 Å². The Morgan fingerprint density at radius 1 is 1.50 bits per heavy atom. The molecule has 1 rings (SSSR count). The van der Waals surface area contributed by atoms with Crippen molar-refractivity contribution in [2.75, 3.05) is 20.8 Å². The summed E-state index contributed by atoms with van der Waals surface area (Å²) in [6, 6.07) is 3.80. The van der Waals surface area contributed by atoms with Crippen LogP contribution in [0.2, 0.25) is 5.02 Å². The van der Waals surface area contributed by atoms with E-state index in [0.717, 1.165) is 16.9 Å². The van der Waals surface area contributed by atoms with Gasteiger partial charge in [0.05, 0.1) is 7.11 Å². The van der Waals surface area contributed by atoms with Crippen molar-refractivity contribution < 1.29 is 9.84 Å². The van der Waals surface area contributed by atoms with Crippen LogP contribution in [0.3, 0.4) is 0 Å². The number of aryl methyl sites for hydroxylation is 1. The number of aliphatic hydroxyl groups excluding tert-OH is 1. The number of methoxy groups -OCH3 is 1. The molecule has 0 spiro atoms. The summed E-state index contributed by atoms with van der Waals surface area (Å²) in [5.74, 6) is 0.831. The molecule has 0 bridgehead atoms. The van der Waals surface area contributed by atoms with Gasteiger partial charge in [0.1, 0.15) is 5.75 Å². The van der Waals surface area contributed by atoms with E-state index in [9.17, 15) is 0 Å². The second-order valence-corrected chi connectivity index (χ2v) is 4.14. The van der Waals surface area contributed by atoms with Crippen molar-refractivity contribution >= 4 is 11.6 Å². The monoisotopic (exact) mass is 243 g/mol. The van der Waals surface area contributed by atoms with Crippen molar-refractivity contribution in [3.63, 3.8) is 0 Å². The molecule has 4 heteroatoms. The molecule has 16 heavy (non-hydrogen) atoms.